The first kappa shape index (κ1) is 20.1. The summed E-state index contributed by atoms with van der Waals surface area (Å²) in [5.74, 6) is 0.166. The first-order valence-electron chi connectivity index (χ1n) is 8.78. The number of amides is 1. The number of ether oxygens (including phenoxy) is 2. The van der Waals surface area contributed by atoms with Gasteiger partial charge in [-0.15, -0.1) is 0 Å². The van der Waals surface area contributed by atoms with Crippen molar-refractivity contribution in [2.24, 2.45) is 0 Å². The van der Waals surface area contributed by atoms with Crippen molar-refractivity contribution >= 4 is 11.6 Å². The second-order valence-electron chi connectivity index (χ2n) is 6.30. The minimum atomic E-state index is -0.493. The summed E-state index contributed by atoms with van der Waals surface area (Å²) in [5, 5.41) is 6.82. The zero-order valence-corrected chi connectivity index (χ0v) is 16.2. The van der Waals surface area contributed by atoms with Gasteiger partial charge in [0.2, 0.25) is 5.91 Å². The zero-order valence-electron chi connectivity index (χ0n) is 16.2. The molecule has 0 bridgehead atoms. The van der Waals surface area contributed by atoms with Gasteiger partial charge < -0.3 is 14.8 Å². The molecule has 29 heavy (non-hydrogen) atoms. The first-order valence-corrected chi connectivity index (χ1v) is 8.78. The molecule has 3 aromatic rings. The first-order chi connectivity index (χ1) is 13.9. The molecule has 0 aliphatic heterocycles. The van der Waals surface area contributed by atoms with Crippen molar-refractivity contribution in [1.29, 1.82) is 0 Å². The largest absolute Gasteiger partial charge is 0.493 e. The van der Waals surface area contributed by atoms with Crippen molar-refractivity contribution in [2.75, 3.05) is 19.5 Å². The molecule has 3 rings (SSSR count). The molecule has 0 saturated heterocycles. The Bertz CT molecular complexity index is 1110. The average Bonchev–Trinajstić information content (AvgIpc) is 2.71. The molecule has 0 unspecified atom stereocenters. The van der Waals surface area contributed by atoms with Crippen molar-refractivity contribution in [2.45, 2.75) is 13.5 Å². The van der Waals surface area contributed by atoms with Gasteiger partial charge in [0, 0.05) is 17.3 Å². The predicted molar refractivity (Wildman–Crippen MR) is 107 cm³/mol. The van der Waals surface area contributed by atoms with Crippen LogP contribution < -0.4 is 20.3 Å². The van der Waals surface area contributed by atoms with Crippen LogP contribution in [0.3, 0.4) is 0 Å². The molecule has 0 saturated carbocycles. The van der Waals surface area contributed by atoms with E-state index in [2.05, 4.69) is 10.4 Å². The fourth-order valence-electron chi connectivity index (χ4n) is 2.72. The van der Waals surface area contributed by atoms with Gasteiger partial charge in [0.1, 0.15) is 12.4 Å². The van der Waals surface area contributed by atoms with Crippen LogP contribution in [-0.2, 0) is 11.3 Å². The van der Waals surface area contributed by atoms with Crippen LogP contribution in [-0.4, -0.2) is 29.9 Å². The Balaban J connectivity index is 1.83. The van der Waals surface area contributed by atoms with E-state index in [4.69, 9.17) is 9.47 Å². The highest BCUT2D eigenvalue weighted by molar-refractivity contribution is 5.90. The van der Waals surface area contributed by atoms with Gasteiger partial charge >= 0.3 is 0 Å². The van der Waals surface area contributed by atoms with E-state index in [0.717, 1.165) is 4.68 Å². The zero-order chi connectivity index (χ0) is 21.0. The molecule has 0 atom stereocenters. The Hall–Kier alpha value is -3.68. The molecule has 150 valence electrons. The fourth-order valence-corrected chi connectivity index (χ4v) is 2.72. The van der Waals surface area contributed by atoms with Crippen molar-refractivity contribution in [3.63, 3.8) is 0 Å². The lowest BCUT2D eigenvalue weighted by Crippen LogP contribution is -2.29. The molecule has 1 amide bonds. The van der Waals surface area contributed by atoms with E-state index < -0.39 is 17.3 Å². The number of methoxy groups -OCH3 is 2. The number of nitrogens with one attached hydrogen (secondary N) is 1. The van der Waals surface area contributed by atoms with E-state index >= 15 is 0 Å². The number of halogens is 1. The molecule has 1 heterocycles. The number of anilines is 1. The quantitative estimate of drug-likeness (QED) is 0.691. The number of hydrogen-bond acceptors (Lipinski definition) is 5. The number of benzene rings is 2. The number of nitrogens with zero attached hydrogens (tertiary/aromatic N) is 2. The van der Waals surface area contributed by atoms with E-state index in [9.17, 15) is 14.0 Å². The highest BCUT2D eigenvalue weighted by atomic mass is 19.1. The minimum absolute atomic E-state index is 0.308. The van der Waals surface area contributed by atoms with Gasteiger partial charge in [-0.3, -0.25) is 9.59 Å². The molecule has 0 radical (unpaired) electrons. The molecule has 0 aliphatic carbocycles. The maximum absolute atomic E-state index is 13.6. The second-order valence-corrected chi connectivity index (χ2v) is 6.30. The Morgan fingerprint density at radius 1 is 1.07 bits per heavy atom. The fraction of sp³-hybridized carbons (Fsp3) is 0.190. The summed E-state index contributed by atoms with van der Waals surface area (Å²) in [6, 6.07) is 12.5. The molecule has 0 aliphatic rings. The summed E-state index contributed by atoms with van der Waals surface area (Å²) in [5.41, 5.74) is 1.53. The van der Waals surface area contributed by atoms with Crippen LogP contribution in [0.5, 0.6) is 11.5 Å². The molecule has 1 aromatic heterocycles. The lowest BCUT2D eigenvalue weighted by molar-refractivity contribution is -0.117. The van der Waals surface area contributed by atoms with E-state index in [0.29, 0.717) is 34.0 Å². The minimum Gasteiger partial charge on any atom is -0.493 e. The SMILES string of the molecule is COc1ccc(-c2ccc(=O)n(CC(=O)Nc3ccc(C)c(F)c3)n2)cc1OC. The summed E-state index contributed by atoms with van der Waals surface area (Å²) in [7, 11) is 3.06. The third-order valence-electron chi connectivity index (χ3n) is 4.29. The van der Waals surface area contributed by atoms with Gasteiger partial charge in [0.25, 0.3) is 5.56 Å². The number of hydrogen-bond donors (Lipinski definition) is 1. The number of rotatable bonds is 6. The highest BCUT2D eigenvalue weighted by Gasteiger charge is 2.11. The van der Waals surface area contributed by atoms with Crippen molar-refractivity contribution in [1.82, 2.24) is 9.78 Å². The van der Waals surface area contributed by atoms with E-state index in [1.54, 1.807) is 43.3 Å². The molecule has 8 heteroatoms. The van der Waals surface area contributed by atoms with Gasteiger partial charge in [-0.25, -0.2) is 9.07 Å². The number of aromatic nitrogens is 2. The van der Waals surface area contributed by atoms with Crippen LogP contribution >= 0.6 is 0 Å². The van der Waals surface area contributed by atoms with Gasteiger partial charge in [0.05, 0.1) is 19.9 Å². The van der Waals surface area contributed by atoms with Crippen molar-refractivity contribution in [3.8, 4) is 22.8 Å². The molecule has 7 nitrogen and oxygen atoms in total. The normalized spacial score (nSPS) is 10.5. The van der Waals surface area contributed by atoms with Gasteiger partial charge in [-0.1, -0.05) is 6.07 Å². The third kappa shape index (κ3) is 4.60. The predicted octanol–water partition coefficient (Wildman–Crippen LogP) is 3.01. The Labute approximate surface area is 166 Å². The van der Waals surface area contributed by atoms with Crippen molar-refractivity contribution in [3.05, 3.63) is 70.3 Å². The summed E-state index contributed by atoms with van der Waals surface area (Å²) < 4.78 is 25.2. The highest BCUT2D eigenvalue weighted by Crippen LogP contribution is 2.31. The van der Waals surface area contributed by atoms with Crippen molar-refractivity contribution < 1.29 is 18.7 Å². The standard InChI is InChI=1S/C21H20FN3O4/c1-13-4-6-15(11-16(13)22)23-20(26)12-25-21(27)9-7-17(24-25)14-5-8-18(28-2)19(10-14)29-3/h4-11H,12H2,1-3H3,(H,23,26). The average molecular weight is 397 g/mol. The van der Waals surface area contributed by atoms with Crippen LogP contribution in [0.4, 0.5) is 10.1 Å². The van der Waals surface area contributed by atoms with Gasteiger partial charge in [0.15, 0.2) is 11.5 Å². The molecule has 1 N–H and O–H groups in total. The maximum atomic E-state index is 13.6. The Kier molecular flexibility index (Phi) is 5.92. The maximum Gasteiger partial charge on any atom is 0.267 e. The molecule has 0 fully saturated rings. The molecular formula is C21H20FN3O4. The van der Waals surface area contributed by atoms with E-state index in [1.165, 1.54) is 26.4 Å². The number of aryl methyl sites for hydroxylation is 1. The number of carbonyl (C=O) groups is 1. The molecule has 0 spiro atoms. The van der Waals surface area contributed by atoms with Gasteiger partial charge in [-0.2, -0.15) is 5.10 Å². The Morgan fingerprint density at radius 3 is 2.52 bits per heavy atom. The van der Waals surface area contributed by atoms with Crippen LogP contribution in [0, 0.1) is 12.7 Å². The van der Waals surface area contributed by atoms with Crippen LogP contribution in [0.25, 0.3) is 11.3 Å². The van der Waals surface area contributed by atoms with Gasteiger partial charge in [-0.05, 0) is 48.9 Å². The summed E-state index contributed by atoms with van der Waals surface area (Å²) in [6.07, 6.45) is 0. The smallest absolute Gasteiger partial charge is 0.267 e. The van der Waals surface area contributed by atoms with E-state index in [1.807, 2.05) is 0 Å². The summed E-state index contributed by atoms with van der Waals surface area (Å²) in [6.45, 7) is 1.32. The van der Waals surface area contributed by atoms with Crippen LogP contribution in [0.2, 0.25) is 0 Å². The summed E-state index contributed by atoms with van der Waals surface area (Å²) >= 11 is 0. The lowest BCUT2D eigenvalue weighted by atomic mass is 10.1. The second kappa shape index (κ2) is 8.55. The topological polar surface area (TPSA) is 82.5 Å². The monoisotopic (exact) mass is 397 g/mol. The summed E-state index contributed by atoms with van der Waals surface area (Å²) in [4.78, 5) is 24.4. The van der Waals surface area contributed by atoms with Crippen LogP contribution in [0.1, 0.15) is 5.56 Å². The third-order valence-corrected chi connectivity index (χ3v) is 4.29. The molecular weight excluding hydrogens is 377 g/mol. The number of carbonyl (C=O) groups excluding carboxylic acids is 1. The lowest BCUT2D eigenvalue weighted by Gasteiger charge is -2.11. The molecule has 2 aromatic carbocycles. The van der Waals surface area contributed by atoms with Crippen LogP contribution in [0.15, 0.2) is 53.3 Å². The Morgan fingerprint density at radius 2 is 1.83 bits per heavy atom. The van der Waals surface area contributed by atoms with E-state index in [-0.39, 0.29) is 6.54 Å².